The van der Waals surface area contributed by atoms with Gasteiger partial charge in [-0.1, -0.05) is 24.3 Å². The number of hydrogen-bond acceptors (Lipinski definition) is 3. The molecule has 1 atom stereocenters. The molecule has 18 heavy (non-hydrogen) atoms. The number of nitrogens with two attached hydrogens (primary N) is 1. The molecule has 0 radical (unpaired) electrons. The van der Waals surface area contributed by atoms with E-state index in [4.69, 9.17) is 10.8 Å². The van der Waals surface area contributed by atoms with Crippen molar-refractivity contribution in [2.75, 3.05) is 13.1 Å². The van der Waals surface area contributed by atoms with Crippen LogP contribution >= 0.6 is 0 Å². The SMILES string of the molecule is NC(CC(=O)O)c1ccc(CN2CCCC2)cc1. The van der Waals surface area contributed by atoms with Crippen molar-refractivity contribution in [3.8, 4) is 0 Å². The summed E-state index contributed by atoms with van der Waals surface area (Å²) in [5, 5.41) is 8.70. The lowest BCUT2D eigenvalue weighted by atomic mass is 10.0. The largest absolute Gasteiger partial charge is 0.481 e. The van der Waals surface area contributed by atoms with Gasteiger partial charge in [0, 0.05) is 12.6 Å². The molecule has 1 aliphatic rings. The summed E-state index contributed by atoms with van der Waals surface area (Å²) in [6.45, 7) is 3.34. The Morgan fingerprint density at radius 1 is 1.28 bits per heavy atom. The first-order valence-electron chi connectivity index (χ1n) is 6.44. The molecule has 2 rings (SSSR count). The van der Waals surface area contributed by atoms with Gasteiger partial charge < -0.3 is 10.8 Å². The summed E-state index contributed by atoms with van der Waals surface area (Å²) >= 11 is 0. The molecule has 1 heterocycles. The van der Waals surface area contributed by atoms with E-state index in [1.165, 1.54) is 31.5 Å². The number of nitrogens with zero attached hydrogens (tertiary/aromatic N) is 1. The maximum atomic E-state index is 10.6. The van der Waals surface area contributed by atoms with Crippen molar-refractivity contribution in [1.82, 2.24) is 4.90 Å². The van der Waals surface area contributed by atoms with Gasteiger partial charge in [-0.2, -0.15) is 0 Å². The van der Waals surface area contributed by atoms with E-state index < -0.39 is 12.0 Å². The van der Waals surface area contributed by atoms with Gasteiger partial charge in [-0.3, -0.25) is 9.69 Å². The van der Waals surface area contributed by atoms with Gasteiger partial charge in [-0.15, -0.1) is 0 Å². The predicted octanol–water partition coefficient (Wildman–Crippen LogP) is 1.76. The molecule has 1 saturated heterocycles. The summed E-state index contributed by atoms with van der Waals surface area (Å²) < 4.78 is 0. The Morgan fingerprint density at radius 2 is 1.89 bits per heavy atom. The maximum absolute atomic E-state index is 10.6. The van der Waals surface area contributed by atoms with Gasteiger partial charge >= 0.3 is 5.97 Å². The van der Waals surface area contributed by atoms with E-state index in [9.17, 15) is 4.79 Å². The van der Waals surface area contributed by atoms with Crippen LogP contribution in [0.3, 0.4) is 0 Å². The van der Waals surface area contributed by atoms with Crippen LogP contribution in [0.4, 0.5) is 0 Å². The van der Waals surface area contributed by atoms with Crippen molar-refractivity contribution in [3.63, 3.8) is 0 Å². The molecule has 1 unspecified atom stereocenters. The van der Waals surface area contributed by atoms with Crippen molar-refractivity contribution in [3.05, 3.63) is 35.4 Å². The number of carboxylic acids is 1. The predicted molar refractivity (Wildman–Crippen MR) is 70.1 cm³/mol. The van der Waals surface area contributed by atoms with E-state index in [1.807, 2.05) is 12.1 Å². The summed E-state index contributed by atoms with van der Waals surface area (Å²) in [7, 11) is 0. The van der Waals surface area contributed by atoms with Crippen molar-refractivity contribution in [1.29, 1.82) is 0 Å². The number of aliphatic carboxylic acids is 1. The average Bonchev–Trinajstić information content (AvgIpc) is 2.82. The molecule has 0 bridgehead atoms. The Bertz CT molecular complexity index is 397. The normalized spacial score (nSPS) is 17.8. The van der Waals surface area contributed by atoms with E-state index >= 15 is 0 Å². The summed E-state index contributed by atoms with van der Waals surface area (Å²) in [6.07, 6.45) is 2.56. The Kier molecular flexibility index (Phi) is 4.33. The Labute approximate surface area is 107 Å². The summed E-state index contributed by atoms with van der Waals surface area (Å²) in [6, 6.07) is 7.58. The van der Waals surface area contributed by atoms with Crippen molar-refractivity contribution in [2.45, 2.75) is 31.8 Å². The molecule has 0 amide bonds. The first-order chi connectivity index (χ1) is 8.65. The standard InChI is InChI=1S/C14H20N2O2/c15-13(9-14(17)18)12-5-3-11(4-6-12)10-16-7-1-2-8-16/h3-6,13H,1-2,7-10,15H2,(H,17,18). The van der Waals surface area contributed by atoms with Crippen LogP contribution in [0.1, 0.15) is 36.4 Å². The third-order valence-corrected chi connectivity index (χ3v) is 3.41. The number of benzene rings is 1. The molecule has 0 saturated carbocycles. The van der Waals surface area contributed by atoms with Crippen LogP contribution in [0.5, 0.6) is 0 Å². The Morgan fingerprint density at radius 3 is 2.44 bits per heavy atom. The number of rotatable bonds is 5. The third-order valence-electron chi connectivity index (χ3n) is 3.41. The highest BCUT2D eigenvalue weighted by Crippen LogP contribution is 2.17. The molecule has 1 aromatic rings. The monoisotopic (exact) mass is 248 g/mol. The van der Waals surface area contributed by atoms with Crippen molar-refractivity contribution < 1.29 is 9.90 Å². The number of carboxylic acid groups (broad SMARTS) is 1. The molecular formula is C14H20N2O2. The van der Waals surface area contributed by atoms with Crippen LogP contribution in [-0.4, -0.2) is 29.1 Å². The molecule has 3 N–H and O–H groups in total. The molecule has 1 aromatic carbocycles. The van der Waals surface area contributed by atoms with Gasteiger partial charge in [-0.05, 0) is 37.1 Å². The van der Waals surface area contributed by atoms with Crippen LogP contribution in [0.15, 0.2) is 24.3 Å². The lowest BCUT2D eigenvalue weighted by Crippen LogP contribution is -2.18. The van der Waals surface area contributed by atoms with E-state index in [0.717, 1.165) is 12.1 Å². The van der Waals surface area contributed by atoms with E-state index in [2.05, 4.69) is 17.0 Å². The van der Waals surface area contributed by atoms with Gasteiger partial charge in [0.2, 0.25) is 0 Å². The highest BCUT2D eigenvalue weighted by molar-refractivity contribution is 5.67. The smallest absolute Gasteiger partial charge is 0.305 e. The number of hydrogen-bond donors (Lipinski definition) is 2. The van der Waals surface area contributed by atoms with E-state index in [-0.39, 0.29) is 6.42 Å². The molecule has 1 fully saturated rings. The minimum absolute atomic E-state index is 0.0223. The second-order valence-electron chi connectivity index (χ2n) is 4.93. The lowest BCUT2D eigenvalue weighted by Gasteiger charge is -2.15. The third kappa shape index (κ3) is 3.55. The van der Waals surface area contributed by atoms with Crippen LogP contribution < -0.4 is 5.73 Å². The molecule has 1 aliphatic heterocycles. The molecular weight excluding hydrogens is 228 g/mol. The number of likely N-dealkylation sites (tertiary alicyclic amines) is 1. The topological polar surface area (TPSA) is 66.6 Å². The van der Waals surface area contributed by atoms with Gasteiger partial charge in [0.15, 0.2) is 0 Å². The van der Waals surface area contributed by atoms with Gasteiger partial charge in [0.1, 0.15) is 0 Å². The second-order valence-corrected chi connectivity index (χ2v) is 4.93. The van der Waals surface area contributed by atoms with Gasteiger partial charge in [0.25, 0.3) is 0 Å². The molecule has 0 aromatic heterocycles. The van der Waals surface area contributed by atoms with Gasteiger partial charge in [-0.25, -0.2) is 0 Å². The summed E-state index contributed by atoms with van der Waals surface area (Å²) in [4.78, 5) is 13.0. The summed E-state index contributed by atoms with van der Waals surface area (Å²) in [5.41, 5.74) is 7.98. The zero-order chi connectivity index (χ0) is 13.0. The second kappa shape index (κ2) is 5.98. The Balaban J connectivity index is 1.94. The van der Waals surface area contributed by atoms with Crippen LogP contribution in [0, 0.1) is 0 Å². The zero-order valence-electron chi connectivity index (χ0n) is 10.5. The fourth-order valence-corrected chi connectivity index (χ4v) is 2.38. The quantitative estimate of drug-likeness (QED) is 0.833. The molecule has 0 spiro atoms. The fourth-order valence-electron chi connectivity index (χ4n) is 2.38. The lowest BCUT2D eigenvalue weighted by molar-refractivity contribution is -0.137. The minimum atomic E-state index is -0.858. The highest BCUT2D eigenvalue weighted by atomic mass is 16.4. The van der Waals surface area contributed by atoms with Crippen molar-refractivity contribution >= 4 is 5.97 Å². The molecule has 4 nitrogen and oxygen atoms in total. The van der Waals surface area contributed by atoms with E-state index in [0.29, 0.717) is 0 Å². The highest BCUT2D eigenvalue weighted by Gasteiger charge is 2.13. The average molecular weight is 248 g/mol. The number of carbonyl (C=O) groups is 1. The van der Waals surface area contributed by atoms with Crippen molar-refractivity contribution in [2.24, 2.45) is 5.73 Å². The minimum Gasteiger partial charge on any atom is -0.481 e. The maximum Gasteiger partial charge on any atom is 0.305 e. The van der Waals surface area contributed by atoms with E-state index in [1.54, 1.807) is 0 Å². The van der Waals surface area contributed by atoms with Crippen LogP contribution in [0.2, 0.25) is 0 Å². The molecule has 98 valence electrons. The van der Waals surface area contributed by atoms with Crippen LogP contribution in [0.25, 0.3) is 0 Å². The van der Waals surface area contributed by atoms with Crippen LogP contribution in [-0.2, 0) is 11.3 Å². The first-order valence-corrected chi connectivity index (χ1v) is 6.44. The summed E-state index contributed by atoms with van der Waals surface area (Å²) in [5.74, 6) is -0.858. The first kappa shape index (κ1) is 13.1. The molecule has 4 heteroatoms. The Hall–Kier alpha value is -1.39. The molecule has 0 aliphatic carbocycles. The zero-order valence-corrected chi connectivity index (χ0v) is 10.5. The van der Waals surface area contributed by atoms with Gasteiger partial charge in [0.05, 0.1) is 6.42 Å². The fraction of sp³-hybridized carbons (Fsp3) is 0.500.